The normalized spacial score (nSPS) is 28.1. The average molecular weight is 274 g/mol. The number of para-hydroxylation sites is 1. The molecule has 0 aromatic heterocycles. The molecule has 0 radical (unpaired) electrons. The van der Waals surface area contributed by atoms with Crippen LogP contribution in [-0.4, -0.2) is 43.3 Å². The predicted octanol–water partition coefficient (Wildman–Crippen LogP) is 2.74. The second-order valence-corrected chi connectivity index (χ2v) is 5.64. The minimum atomic E-state index is -0.211. The molecule has 4 rings (SSSR count). The average Bonchev–Trinajstić information content (AvgIpc) is 2.50. The first-order valence-electron chi connectivity index (χ1n) is 7.53. The third-order valence-electron chi connectivity index (χ3n) is 4.45. The summed E-state index contributed by atoms with van der Waals surface area (Å²) in [5.41, 5.74) is 0.904. The van der Waals surface area contributed by atoms with Crippen molar-refractivity contribution in [1.82, 2.24) is 4.90 Å². The second kappa shape index (κ2) is 5.83. The van der Waals surface area contributed by atoms with E-state index in [0.717, 1.165) is 38.2 Å². The molecule has 108 valence electrons. The minimum absolute atomic E-state index is 0.0720. The van der Waals surface area contributed by atoms with Crippen LogP contribution in [0.1, 0.15) is 19.8 Å². The molecule has 1 amide bonds. The maximum absolute atomic E-state index is 12.4. The van der Waals surface area contributed by atoms with Crippen molar-refractivity contribution in [2.45, 2.75) is 25.9 Å². The zero-order chi connectivity index (χ0) is 13.9. The number of carbonyl (C=O) groups is 1. The van der Waals surface area contributed by atoms with E-state index in [-0.39, 0.29) is 12.2 Å². The Morgan fingerprint density at radius 1 is 1.30 bits per heavy atom. The van der Waals surface area contributed by atoms with E-state index in [2.05, 4.69) is 4.90 Å². The van der Waals surface area contributed by atoms with Gasteiger partial charge in [0.25, 0.3) is 0 Å². The van der Waals surface area contributed by atoms with Crippen LogP contribution in [0.25, 0.3) is 0 Å². The molecule has 3 heterocycles. The Kier molecular flexibility index (Phi) is 3.92. The molecular formula is C16H22N2O2. The van der Waals surface area contributed by atoms with Crippen molar-refractivity contribution in [1.29, 1.82) is 0 Å². The van der Waals surface area contributed by atoms with E-state index in [1.54, 1.807) is 4.90 Å². The summed E-state index contributed by atoms with van der Waals surface area (Å²) in [6.07, 6.45) is 2.19. The molecule has 3 fully saturated rings. The quantitative estimate of drug-likeness (QED) is 0.849. The van der Waals surface area contributed by atoms with Crippen molar-refractivity contribution in [3.8, 4) is 0 Å². The van der Waals surface area contributed by atoms with Crippen LogP contribution >= 0.6 is 0 Å². The van der Waals surface area contributed by atoms with Crippen molar-refractivity contribution < 1.29 is 9.53 Å². The lowest BCUT2D eigenvalue weighted by Gasteiger charge is -2.44. The van der Waals surface area contributed by atoms with Crippen LogP contribution < -0.4 is 4.90 Å². The number of carbonyl (C=O) groups excluding carboxylic acids is 1. The molecule has 4 heteroatoms. The van der Waals surface area contributed by atoms with Crippen LogP contribution in [0.2, 0.25) is 0 Å². The SMILES string of the molecule is CCN(C(=O)O[C@@H]1CN2CCC1CC2)c1ccccc1. The molecular weight excluding hydrogens is 252 g/mol. The lowest BCUT2D eigenvalue weighted by atomic mass is 9.86. The van der Waals surface area contributed by atoms with Gasteiger partial charge in [-0.05, 0) is 50.9 Å². The number of nitrogens with zero attached hydrogens (tertiary/aromatic N) is 2. The molecule has 2 bridgehead atoms. The molecule has 1 aromatic carbocycles. The Bertz CT molecular complexity index is 455. The van der Waals surface area contributed by atoms with Gasteiger partial charge in [-0.15, -0.1) is 0 Å². The molecule has 0 N–H and O–H groups in total. The molecule has 0 unspecified atom stereocenters. The standard InChI is InChI=1S/C16H22N2O2/c1-2-18(14-6-4-3-5-7-14)16(19)20-15-12-17-10-8-13(15)9-11-17/h3-7,13,15H,2,8-12H2,1H3/t15-/m1/s1. The Morgan fingerprint density at radius 3 is 2.55 bits per heavy atom. The van der Waals surface area contributed by atoms with Crippen molar-refractivity contribution in [3.05, 3.63) is 30.3 Å². The number of piperidine rings is 3. The molecule has 3 saturated heterocycles. The Hall–Kier alpha value is -1.55. The van der Waals surface area contributed by atoms with Gasteiger partial charge in [0, 0.05) is 18.8 Å². The lowest BCUT2D eigenvalue weighted by molar-refractivity contribution is -0.0309. The van der Waals surface area contributed by atoms with Crippen molar-refractivity contribution in [2.24, 2.45) is 5.92 Å². The van der Waals surface area contributed by atoms with E-state index >= 15 is 0 Å². The van der Waals surface area contributed by atoms with Gasteiger partial charge in [0.05, 0.1) is 0 Å². The largest absolute Gasteiger partial charge is 0.444 e. The van der Waals surface area contributed by atoms with Gasteiger partial charge in [0.15, 0.2) is 0 Å². The van der Waals surface area contributed by atoms with Crippen molar-refractivity contribution in [3.63, 3.8) is 0 Å². The second-order valence-electron chi connectivity index (χ2n) is 5.64. The number of hydrogen-bond donors (Lipinski definition) is 0. The number of fused-ring (bicyclic) bond motifs is 3. The maximum Gasteiger partial charge on any atom is 0.414 e. The summed E-state index contributed by atoms with van der Waals surface area (Å²) < 4.78 is 5.78. The highest BCUT2D eigenvalue weighted by atomic mass is 16.6. The third-order valence-corrected chi connectivity index (χ3v) is 4.45. The highest BCUT2D eigenvalue weighted by Gasteiger charge is 2.37. The highest BCUT2D eigenvalue weighted by Crippen LogP contribution is 2.30. The summed E-state index contributed by atoms with van der Waals surface area (Å²) in [5.74, 6) is 0.554. The number of hydrogen-bond acceptors (Lipinski definition) is 3. The smallest absolute Gasteiger partial charge is 0.414 e. The summed E-state index contributed by atoms with van der Waals surface area (Å²) in [7, 11) is 0. The number of rotatable bonds is 3. The molecule has 0 saturated carbocycles. The van der Waals surface area contributed by atoms with E-state index in [1.807, 2.05) is 37.3 Å². The van der Waals surface area contributed by atoms with E-state index in [4.69, 9.17) is 4.74 Å². The molecule has 0 spiro atoms. The summed E-state index contributed by atoms with van der Waals surface area (Å²) in [5, 5.41) is 0. The van der Waals surface area contributed by atoms with Crippen LogP contribution in [0.4, 0.5) is 10.5 Å². The Labute approximate surface area is 120 Å². The van der Waals surface area contributed by atoms with Gasteiger partial charge in [-0.2, -0.15) is 0 Å². The lowest BCUT2D eigenvalue weighted by Crippen LogP contribution is -2.53. The fourth-order valence-corrected chi connectivity index (χ4v) is 3.26. The molecule has 3 aliphatic heterocycles. The van der Waals surface area contributed by atoms with Gasteiger partial charge in [-0.3, -0.25) is 9.80 Å². The molecule has 0 aliphatic carbocycles. The highest BCUT2D eigenvalue weighted by molar-refractivity contribution is 5.87. The number of anilines is 1. The summed E-state index contributed by atoms with van der Waals surface area (Å²) in [6.45, 7) is 5.83. The van der Waals surface area contributed by atoms with Gasteiger partial charge < -0.3 is 4.74 Å². The first-order valence-corrected chi connectivity index (χ1v) is 7.53. The van der Waals surface area contributed by atoms with Gasteiger partial charge in [0.2, 0.25) is 0 Å². The van der Waals surface area contributed by atoms with Crippen molar-refractivity contribution >= 4 is 11.8 Å². The van der Waals surface area contributed by atoms with Crippen LogP contribution in [0.5, 0.6) is 0 Å². The monoisotopic (exact) mass is 274 g/mol. The first-order chi connectivity index (χ1) is 9.78. The zero-order valence-corrected chi connectivity index (χ0v) is 12.0. The predicted molar refractivity (Wildman–Crippen MR) is 78.9 cm³/mol. The topological polar surface area (TPSA) is 32.8 Å². The maximum atomic E-state index is 12.4. The van der Waals surface area contributed by atoms with E-state index in [9.17, 15) is 4.79 Å². The number of amides is 1. The Balaban J connectivity index is 1.66. The van der Waals surface area contributed by atoms with Crippen LogP contribution in [0.3, 0.4) is 0 Å². The minimum Gasteiger partial charge on any atom is -0.444 e. The van der Waals surface area contributed by atoms with Gasteiger partial charge >= 0.3 is 6.09 Å². The van der Waals surface area contributed by atoms with Crippen LogP contribution in [0, 0.1) is 5.92 Å². The number of benzene rings is 1. The van der Waals surface area contributed by atoms with E-state index in [1.165, 1.54) is 0 Å². The zero-order valence-electron chi connectivity index (χ0n) is 12.0. The molecule has 3 aliphatic rings. The van der Waals surface area contributed by atoms with E-state index in [0.29, 0.717) is 12.5 Å². The summed E-state index contributed by atoms with van der Waals surface area (Å²) >= 11 is 0. The molecule has 1 aromatic rings. The number of ether oxygens (including phenoxy) is 1. The molecule has 20 heavy (non-hydrogen) atoms. The van der Waals surface area contributed by atoms with Gasteiger partial charge in [0.1, 0.15) is 6.10 Å². The van der Waals surface area contributed by atoms with Gasteiger partial charge in [-0.1, -0.05) is 18.2 Å². The van der Waals surface area contributed by atoms with Crippen LogP contribution in [-0.2, 0) is 4.74 Å². The first kappa shape index (κ1) is 13.4. The molecule has 4 nitrogen and oxygen atoms in total. The molecule has 1 atom stereocenters. The van der Waals surface area contributed by atoms with Crippen LogP contribution in [0.15, 0.2) is 30.3 Å². The Morgan fingerprint density at radius 2 is 2.00 bits per heavy atom. The third kappa shape index (κ3) is 2.66. The van der Waals surface area contributed by atoms with Gasteiger partial charge in [-0.25, -0.2) is 4.79 Å². The fraction of sp³-hybridized carbons (Fsp3) is 0.562. The van der Waals surface area contributed by atoms with Crippen molar-refractivity contribution in [2.75, 3.05) is 31.1 Å². The fourth-order valence-electron chi connectivity index (χ4n) is 3.26. The summed E-state index contributed by atoms with van der Waals surface area (Å²) in [6, 6.07) is 9.73. The van der Waals surface area contributed by atoms with E-state index < -0.39 is 0 Å². The summed E-state index contributed by atoms with van der Waals surface area (Å²) in [4.78, 5) is 16.5.